The highest BCUT2D eigenvalue weighted by Gasteiger charge is 2.20. The minimum absolute atomic E-state index is 0.957. The van der Waals surface area contributed by atoms with Gasteiger partial charge in [0.25, 0.3) is 0 Å². The van der Waals surface area contributed by atoms with E-state index in [-0.39, 0.29) is 0 Å². The van der Waals surface area contributed by atoms with Crippen LogP contribution in [0.2, 0.25) is 0 Å². The minimum Gasteiger partial charge on any atom is -0.341 e. The second-order valence-electron chi connectivity index (χ2n) is 26.3. The number of aromatic nitrogens is 2. The van der Waals surface area contributed by atoms with Crippen LogP contribution in [-0.2, 0) is 13.1 Å². The molecule has 0 spiro atoms. The van der Waals surface area contributed by atoms with Crippen molar-refractivity contribution in [2.75, 3.05) is 0 Å². The highest BCUT2D eigenvalue weighted by molar-refractivity contribution is 6.23. The van der Waals surface area contributed by atoms with E-state index in [9.17, 15) is 0 Å². The predicted molar refractivity (Wildman–Crippen MR) is 429 cm³/mol. The standard InChI is InChI=1S/C52H37N.C46H33N/c1-2-53-49-19-11-10-14-43(49)48-34-42(32-33-50(48)53)39-22-20-37(21-23-39)38-26-30-41(31-27-38)52-46-17-8-6-15-44(46)51(45-16-7-9-18-47(45)52)40-28-24-36(25-29-40)35-12-4-3-5-13-35;1-2-47-43-19-11-10-14-37(43)42-30-36(28-29-44(42)47)33-22-20-31(21-23-33)32-24-26-35(27-25-32)46-40-17-8-6-15-38(40)45(34-12-4-3-5-13-34)39-16-7-9-18-41(39)46/h3-34H,2H2,1H3;3-30H,2H2,1H3. The van der Waals surface area contributed by atoms with Crippen LogP contribution in [-0.4, -0.2) is 9.13 Å². The molecule has 0 N–H and O–H groups in total. The molecule has 17 aromatic carbocycles. The lowest BCUT2D eigenvalue weighted by Gasteiger charge is -2.18. The van der Waals surface area contributed by atoms with Crippen molar-refractivity contribution in [1.82, 2.24) is 9.13 Å². The summed E-state index contributed by atoms with van der Waals surface area (Å²) in [5, 5.41) is 15.5. The summed E-state index contributed by atoms with van der Waals surface area (Å²) < 4.78 is 4.82. The molecule has 0 aliphatic heterocycles. The fourth-order valence-corrected chi connectivity index (χ4v) is 16.1. The Labute approximate surface area is 583 Å². The van der Waals surface area contributed by atoms with Gasteiger partial charge in [0.15, 0.2) is 0 Å². The molecule has 19 aromatic rings. The third kappa shape index (κ3) is 10.4. The summed E-state index contributed by atoms with van der Waals surface area (Å²) >= 11 is 0. The van der Waals surface area contributed by atoms with Crippen LogP contribution >= 0.6 is 0 Å². The third-order valence-corrected chi connectivity index (χ3v) is 20.8. The zero-order valence-electron chi connectivity index (χ0n) is 55.9. The maximum atomic E-state index is 2.41. The van der Waals surface area contributed by atoms with E-state index in [4.69, 9.17) is 0 Å². The van der Waals surface area contributed by atoms with E-state index in [1.165, 1.54) is 187 Å². The summed E-state index contributed by atoms with van der Waals surface area (Å²) in [6.45, 7) is 6.36. The van der Waals surface area contributed by atoms with E-state index in [0.717, 1.165) is 13.1 Å². The van der Waals surface area contributed by atoms with Crippen LogP contribution in [0.1, 0.15) is 13.8 Å². The predicted octanol–water partition coefficient (Wildman–Crippen LogP) is 27.2. The van der Waals surface area contributed by atoms with E-state index < -0.39 is 0 Å². The van der Waals surface area contributed by atoms with Gasteiger partial charge in [-0.15, -0.1) is 0 Å². The number of nitrogens with zero attached hydrogens (tertiary/aromatic N) is 2. The molecule has 0 bridgehead atoms. The van der Waals surface area contributed by atoms with Gasteiger partial charge in [-0.2, -0.15) is 0 Å². The van der Waals surface area contributed by atoms with Gasteiger partial charge in [0.05, 0.1) is 0 Å². The molecular weight excluding hydrogens is 1210 g/mol. The molecule has 0 atom stereocenters. The molecule has 0 amide bonds. The topological polar surface area (TPSA) is 9.86 Å². The maximum Gasteiger partial charge on any atom is 0.0491 e. The smallest absolute Gasteiger partial charge is 0.0491 e. The maximum absolute atomic E-state index is 2.41. The fourth-order valence-electron chi connectivity index (χ4n) is 16.1. The third-order valence-electron chi connectivity index (χ3n) is 20.8. The van der Waals surface area contributed by atoms with Gasteiger partial charge in [-0.3, -0.25) is 0 Å². The second-order valence-corrected chi connectivity index (χ2v) is 26.3. The Bertz CT molecular complexity index is 6160. The molecule has 0 saturated carbocycles. The lowest BCUT2D eigenvalue weighted by molar-refractivity contribution is 0.827. The molecule has 100 heavy (non-hydrogen) atoms. The lowest BCUT2D eigenvalue weighted by Crippen LogP contribution is -1.92. The van der Waals surface area contributed by atoms with Crippen molar-refractivity contribution < 1.29 is 0 Å². The van der Waals surface area contributed by atoms with Gasteiger partial charge < -0.3 is 9.13 Å². The first-order chi connectivity index (χ1) is 49.5. The van der Waals surface area contributed by atoms with Crippen molar-refractivity contribution in [2.24, 2.45) is 0 Å². The van der Waals surface area contributed by atoms with Crippen molar-refractivity contribution in [3.05, 3.63) is 364 Å². The van der Waals surface area contributed by atoms with Crippen LogP contribution in [0.5, 0.6) is 0 Å². The quantitative estimate of drug-likeness (QED) is 0.114. The van der Waals surface area contributed by atoms with Crippen molar-refractivity contribution in [3.8, 4) is 100 Å². The summed E-state index contributed by atoms with van der Waals surface area (Å²) in [5.74, 6) is 0. The monoisotopic (exact) mass is 1270 g/mol. The first-order valence-electron chi connectivity index (χ1n) is 35.1. The first-order valence-corrected chi connectivity index (χ1v) is 35.1. The van der Waals surface area contributed by atoms with Gasteiger partial charge in [-0.1, -0.05) is 328 Å². The molecule has 0 saturated heterocycles. The zero-order chi connectivity index (χ0) is 66.6. The molecule has 0 aliphatic rings. The largest absolute Gasteiger partial charge is 0.341 e. The molecule has 2 aromatic heterocycles. The van der Waals surface area contributed by atoms with Crippen molar-refractivity contribution in [2.45, 2.75) is 26.9 Å². The SMILES string of the molecule is CCn1c2ccccc2c2cc(-c3ccc(-c4ccc(-c5c6ccccc6c(-c6ccc(-c7ccccc7)cc6)c6ccccc56)cc4)cc3)ccc21.CCn1c2ccccc2c2cc(-c3ccc(-c4ccc(-c5c6ccccc6c(-c6ccccc6)c6ccccc56)cc4)cc3)ccc21. The highest BCUT2D eigenvalue weighted by atomic mass is 15.0. The summed E-state index contributed by atoms with van der Waals surface area (Å²) in [4.78, 5) is 0. The van der Waals surface area contributed by atoms with E-state index in [1.807, 2.05) is 0 Å². The first kappa shape index (κ1) is 59.8. The van der Waals surface area contributed by atoms with Crippen molar-refractivity contribution >= 4 is 86.7 Å². The molecule has 2 heteroatoms. The Balaban J connectivity index is 0.000000145. The molecule has 472 valence electrons. The molecule has 0 fully saturated rings. The number of aryl methyl sites for hydroxylation is 2. The summed E-state index contributed by atoms with van der Waals surface area (Å²) in [6, 6.07) is 133. The summed E-state index contributed by atoms with van der Waals surface area (Å²) in [6.07, 6.45) is 0. The Morgan fingerprint density at radius 3 is 0.600 bits per heavy atom. The molecule has 0 aliphatic carbocycles. The molecule has 0 unspecified atom stereocenters. The van der Waals surface area contributed by atoms with Gasteiger partial charge in [0.2, 0.25) is 0 Å². The molecule has 2 heterocycles. The molecular formula is C98H70N2. The normalized spacial score (nSPS) is 11.6. The average molecular weight is 1280 g/mol. The van der Waals surface area contributed by atoms with Gasteiger partial charge in [-0.05, 0) is 193 Å². The van der Waals surface area contributed by atoms with Crippen molar-refractivity contribution in [3.63, 3.8) is 0 Å². The van der Waals surface area contributed by atoms with E-state index >= 15 is 0 Å². The molecule has 2 nitrogen and oxygen atoms in total. The molecule has 0 radical (unpaired) electrons. The lowest BCUT2D eigenvalue weighted by atomic mass is 9.85. The van der Waals surface area contributed by atoms with Crippen LogP contribution in [0.25, 0.3) is 187 Å². The highest BCUT2D eigenvalue weighted by Crippen LogP contribution is 2.47. The number of fused-ring (bicyclic) bond motifs is 10. The van der Waals surface area contributed by atoms with Gasteiger partial charge in [0.1, 0.15) is 0 Å². The van der Waals surface area contributed by atoms with Crippen LogP contribution in [0.4, 0.5) is 0 Å². The van der Waals surface area contributed by atoms with Crippen LogP contribution in [0.3, 0.4) is 0 Å². The summed E-state index contributed by atoms with van der Waals surface area (Å²) in [5.41, 5.74) is 27.6. The number of hydrogen-bond acceptors (Lipinski definition) is 0. The molecule has 19 rings (SSSR count). The Kier molecular flexibility index (Phi) is 15.2. The van der Waals surface area contributed by atoms with Crippen LogP contribution in [0.15, 0.2) is 364 Å². The number of para-hydroxylation sites is 2. The Morgan fingerprint density at radius 2 is 0.330 bits per heavy atom. The Hall–Kier alpha value is -12.6. The fraction of sp³-hybridized carbons (Fsp3) is 0.0408. The van der Waals surface area contributed by atoms with E-state index in [0.29, 0.717) is 0 Å². The van der Waals surface area contributed by atoms with Crippen LogP contribution < -0.4 is 0 Å². The average Bonchev–Trinajstić information content (AvgIpc) is 0.810. The minimum atomic E-state index is 0.957. The Morgan fingerprint density at radius 1 is 0.150 bits per heavy atom. The number of benzene rings is 17. The van der Waals surface area contributed by atoms with E-state index in [1.54, 1.807) is 0 Å². The number of hydrogen-bond donors (Lipinski definition) is 0. The van der Waals surface area contributed by atoms with E-state index in [2.05, 4.69) is 387 Å². The van der Waals surface area contributed by atoms with Gasteiger partial charge in [0, 0.05) is 56.7 Å². The van der Waals surface area contributed by atoms with Gasteiger partial charge in [-0.25, -0.2) is 0 Å². The summed E-state index contributed by atoms with van der Waals surface area (Å²) in [7, 11) is 0. The van der Waals surface area contributed by atoms with Gasteiger partial charge >= 0.3 is 0 Å². The van der Waals surface area contributed by atoms with Crippen molar-refractivity contribution in [1.29, 1.82) is 0 Å². The number of rotatable bonds is 11. The zero-order valence-corrected chi connectivity index (χ0v) is 55.9. The second kappa shape index (κ2) is 25.4. The van der Waals surface area contributed by atoms with Crippen LogP contribution in [0, 0.1) is 0 Å².